The maximum atomic E-state index is 14.1. The highest BCUT2D eigenvalue weighted by atomic mass is 35.5. The Bertz CT molecular complexity index is 919. The van der Waals surface area contributed by atoms with E-state index in [1.54, 1.807) is 11.0 Å². The van der Waals surface area contributed by atoms with Gasteiger partial charge in [0.05, 0.1) is 10.2 Å². The fourth-order valence-electron chi connectivity index (χ4n) is 3.37. The summed E-state index contributed by atoms with van der Waals surface area (Å²) in [6, 6.07) is 12.6. The van der Waals surface area contributed by atoms with Crippen LogP contribution >= 0.6 is 34.5 Å². The maximum Gasteiger partial charge on any atom is 0.400 e. The van der Waals surface area contributed by atoms with E-state index >= 15 is 0 Å². The van der Waals surface area contributed by atoms with E-state index in [0.29, 0.717) is 5.13 Å². The molecule has 1 atom stereocenters. The van der Waals surface area contributed by atoms with Crippen molar-refractivity contribution < 1.29 is 13.2 Å². The molecule has 1 aliphatic rings. The molecule has 1 saturated heterocycles. The average Bonchev–Trinajstić information content (AvgIpc) is 3.18. The molecule has 2 heterocycles. The van der Waals surface area contributed by atoms with Gasteiger partial charge in [0.25, 0.3) is 0 Å². The van der Waals surface area contributed by atoms with E-state index in [4.69, 9.17) is 23.2 Å². The van der Waals surface area contributed by atoms with Gasteiger partial charge in [0.15, 0.2) is 5.13 Å². The van der Waals surface area contributed by atoms with E-state index in [-0.39, 0.29) is 35.1 Å². The zero-order valence-electron chi connectivity index (χ0n) is 13.3. The smallest absolute Gasteiger partial charge is 0.347 e. The number of hydrogen-bond donors (Lipinski definition) is 0. The van der Waals surface area contributed by atoms with Crippen LogP contribution in [0.5, 0.6) is 0 Å². The predicted octanol–water partition coefficient (Wildman–Crippen LogP) is 6.11. The van der Waals surface area contributed by atoms with E-state index in [9.17, 15) is 13.2 Å². The van der Waals surface area contributed by atoms with Crippen molar-refractivity contribution in [2.24, 2.45) is 0 Å². The largest absolute Gasteiger partial charge is 0.400 e. The third-order valence-corrected chi connectivity index (χ3v) is 6.20. The maximum absolute atomic E-state index is 14.1. The molecule has 8 heteroatoms. The molecule has 0 saturated carbocycles. The van der Waals surface area contributed by atoms with Crippen molar-refractivity contribution in [3.05, 3.63) is 58.1 Å². The first-order chi connectivity index (χ1) is 12.3. The summed E-state index contributed by atoms with van der Waals surface area (Å²) in [5.74, 6) is 0. The van der Waals surface area contributed by atoms with Gasteiger partial charge in [-0.3, -0.25) is 0 Å². The zero-order chi connectivity index (χ0) is 18.5. The van der Waals surface area contributed by atoms with Crippen LogP contribution in [-0.4, -0.2) is 24.2 Å². The van der Waals surface area contributed by atoms with Gasteiger partial charge in [-0.15, -0.1) is 0 Å². The lowest BCUT2D eigenvalue weighted by molar-refractivity contribution is -0.184. The molecule has 1 aliphatic heterocycles. The number of thiazole rings is 1. The summed E-state index contributed by atoms with van der Waals surface area (Å²) in [7, 11) is 0. The molecule has 1 unspecified atom stereocenters. The van der Waals surface area contributed by atoms with Crippen LogP contribution in [0.1, 0.15) is 12.0 Å². The van der Waals surface area contributed by atoms with E-state index in [0.717, 1.165) is 10.2 Å². The van der Waals surface area contributed by atoms with Gasteiger partial charge >= 0.3 is 6.18 Å². The summed E-state index contributed by atoms with van der Waals surface area (Å²) in [6.07, 6.45) is -4.51. The second-order valence-corrected chi connectivity index (χ2v) is 8.14. The van der Waals surface area contributed by atoms with E-state index in [2.05, 4.69) is 11.1 Å². The minimum atomic E-state index is -4.43. The van der Waals surface area contributed by atoms with Crippen molar-refractivity contribution in [3.63, 3.8) is 0 Å². The molecule has 2 nitrogen and oxygen atoms in total. The lowest BCUT2D eigenvalue weighted by atomic mass is 9.79. The van der Waals surface area contributed by atoms with Crippen molar-refractivity contribution in [2.75, 3.05) is 18.0 Å². The fourth-order valence-corrected chi connectivity index (χ4v) is 4.85. The van der Waals surface area contributed by atoms with Gasteiger partial charge in [0, 0.05) is 29.2 Å². The Kier molecular flexibility index (Phi) is 4.33. The number of alkyl halides is 3. The molecular weight excluding hydrogens is 404 g/mol. The van der Waals surface area contributed by atoms with Crippen LogP contribution in [-0.2, 0) is 5.41 Å². The SMILES string of the molecule is FC(F)(F)C1(c2cc(Cl)cc(Cl)c2)CCN(c2nc3ccc[c]c3s2)C1. The number of aromatic nitrogens is 1. The van der Waals surface area contributed by atoms with E-state index in [1.165, 1.54) is 29.5 Å². The molecule has 3 aromatic rings. The van der Waals surface area contributed by atoms with Crippen LogP contribution in [0.4, 0.5) is 18.3 Å². The van der Waals surface area contributed by atoms with Gasteiger partial charge in [-0.05, 0) is 36.2 Å². The highest BCUT2D eigenvalue weighted by Gasteiger charge is 2.59. The third-order valence-electron chi connectivity index (χ3n) is 4.70. The number of nitrogens with zero attached hydrogens (tertiary/aromatic N) is 2. The Labute approximate surface area is 162 Å². The molecule has 1 fully saturated rings. The van der Waals surface area contributed by atoms with Gasteiger partial charge < -0.3 is 4.90 Å². The van der Waals surface area contributed by atoms with E-state index < -0.39 is 11.6 Å². The summed E-state index contributed by atoms with van der Waals surface area (Å²) in [6.45, 7) is 0.0382. The number of hydrogen-bond acceptors (Lipinski definition) is 3. The molecule has 0 aliphatic carbocycles. The number of fused-ring (bicyclic) bond motifs is 1. The van der Waals surface area contributed by atoms with Gasteiger partial charge in [0.1, 0.15) is 5.41 Å². The molecule has 4 rings (SSSR count). The molecule has 2 aromatic carbocycles. The molecule has 0 amide bonds. The monoisotopic (exact) mass is 415 g/mol. The number of rotatable bonds is 2. The second-order valence-electron chi connectivity index (χ2n) is 6.29. The Hall–Kier alpha value is -1.50. The van der Waals surface area contributed by atoms with Gasteiger partial charge in [0.2, 0.25) is 0 Å². The predicted molar refractivity (Wildman–Crippen MR) is 99.5 cm³/mol. The minimum absolute atomic E-state index is 0.0766. The van der Waals surface area contributed by atoms with Crippen molar-refractivity contribution in [2.45, 2.75) is 18.0 Å². The molecule has 135 valence electrons. The average molecular weight is 416 g/mol. The Morgan fingerprint density at radius 2 is 1.92 bits per heavy atom. The second kappa shape index (κ2) is 6.29. The first kappa shape index (κ1) is 17.9. The quantitative estimate of drug-likeness (QED) is 0.501. The molecule has 1 radical (unpaired) electrons. The number of anilines is 1. The van der Waals surface area contributed by atoms with Gasteiger partial charge in [-0.25, -0.2) is 4.98 Å². The Morgan fingerprint density at radius 3 is 2.58 bits per heavy atom. The summed E-state index contributed by atoms with van der Waals surface area (Å²) in [4.78, 5) is 6.15. The summed E-state index contributed by atoms with van der Waals surface area (Å²) in [5.41, 5.74) is -1.19. The first-order valence-electron chi connectivity index (χ1n) is 7.84. The van der Waals surface area contributed by atoms with Crippen molar-refractivity contribution in [3.8, 4) is 0 Å². The third kappa shape index (κ3) is 2.94. The summed E-state index contributed by atoms with van der Waals surface area (Å²) < 4.78 is 43.2. The highest BCUT2D eigenvalue weighted by Crippen LogP contribution is 2.50. The van der Waals surface area contributed by atoms with Crippen LogP contribution in [0.2, 0.25) is 10.0 Å². The Balaban J connectivity index is 1.75. The highest BCUT2D eigenvalue weighted by molar-refractivity contribution is 7.22. The lowest BCUT2D eigenvalue weighted by Gasteiger charge is -2.32. The normalized spacial score (nSPS) is 20.9. The van der Waals surface area contributed by atoms with Gasteiger partial charge in [-0.2, -0.15) is 13.2 Å². The molecular formula is C18H12Cl2F3N2S. The molecule has 26 heavy (non-hydrogen) atoms. The number of halogens is 5. The van der Waals surface area contributed by atoms with Crippen LogP contribution in [0.3, 0.4) is 0 Å². The van der Waals surface area contributed by atoms with Crippen molar-refractivity contribution in [1.29, 1.82) is 0 Å². The molecule has 0 spiro atoms. The molecule has 0 N–H and O–H groups in total. The Morgan fingerprint density at radius 1 is 1.19 bits per heavy atom. The topological polar surface area (TPSA) is 16.1 Å². The molecule has 0 bridgehead atoms. The summed E-state index contributed by atoms with van der Waals surface area (Å²) >= 11 is 13.3. The first-order valence-corrected chi connectivity index (χ1v) is 9.41. The van der Waals surface area contributed by atoms with Crippen LogP contribution < -0.4 is 4.90 Å². The molecule has 1 aromatic heterocycles. The minimum Gasteiger partial charge on any atom is -0.347 e. The van der Waals surface area contributed by atoms with Gasteiger partial charge in [-0.1, -0.05) is 46.7 Å². The summed E-state index contributed by atoms with van der Waals surface area (Å²) in [5, 5.41) is 0.968. The van der Waals surface area contributed by atoms with Crippen LogP contribution in [0, 0.1) is 6.07 Å². The van der Waals surface area contributed by atoms with E-state index in [1.807, 2.05) is 12.1 Å². The number of benzene rings is 2. The lowest BCUT2D eigenvalue weighted by Crippen LogP contribution is -2.44. The fraction of sp³-hybridized carbons (Fsp3) is 0.278. The standard InChI is InChI=1S/C18H12Cl2F3N2S/c19-12-7-11(8-13(20)9-12)17(18(21,22)23)5-6-25(10-17)16-24-14-3-1-2-4-15(14)26-16/h1-3,7-9H,5-6,10H2. The zero-order valence-corrected chi connectivity index (χ0v) is 15.6. The van der Waals surface area contributed by atoms with Crippen molar-refractivity contribution in [1.82, 2.24) is 4.98 Å². The van der Waals surface area contributed by atoms with Crippen LogP contribution in [0.15, 0.2) is 36.4 Å². The van der Waals surface area contributed by atoms with Crippen LogP contribution in [0.25, 0.3) is 10.2 Å². The van der Waals surface area contributed by atoms with Crippen molar-refractivity contribution >= 4 is 49.9 Å².